The molecule has 3 N–H and O–H groups in total. The number of nitro benzene ring substituents is 1. The minimum Gasteiger partial charge on any atom is -0.495 e. The third-order valence-corrected chi connectivity index (χ3v) is 4.11. The highest BCUT2D eigenvalue weighted by molar-refractivity contribution is 6.07. The van der Waals surface area contributed by atoms with E-state index in [1.165, 1.54) is 25.3 Å². The number of carbonyl (C=O) groups is 1. The molecule has 0 saturated heterocycles. The smallest absolute Gasteiger partial charge is 0.269 e. The lowest BCUT2D eigenvalue weighted by molar-refractivity contribution is -0.384. The first kappa shape index (κ1) is 19.6. The van der Waals surface area contributed by atoms with Gasteiger partial charge < -0.3 is 15.8 Å². The Morgan fingerprint density at radius 2 is 1.97 bits per heavy atom. The molecule has 0 amide bonds. The number of nitrogens with one attached hydrogen (secondary N) is 1. The fourth-order valence-electron chi connectivity index (χ4n) is 2.61. The van der Waals surface area contributed by atoms with Gasteiger partial charge in [-0.15, -0.1) is 0 Å². The Balaban J connectivity index is 1.78. The molecular formula is C21H18N4O4. The van der Waals surface area contributed by atoms with Gasteiger partial charge in [0, 0.05) is 35.1 Å². The summed E-state index contributed by atoms with van der Waals surface area (Å²) in [6.07, 6.45) is 4.68. The van der Waals surface area contributed by atoms with Crippen molar-refractivity contribution in [3.05, 3.63) is 88.1 Å². The van der Waals surface area contributed by atoms with Gasteiger partial charge in [-0.1, -0.05) is 0 Å². The van der Waals surface area contributed by atoms with E-state index in [-0.39, 0.29) is 11.5 Å². The zero-order valence-corrected chi connectivity index (χ0v) is 15.5. The molecule has 2 aromatic carbocycles. The first-order valence-corrected chi connectivity index (χ1v) is 8.60. The number of nitrogens with two attached hydrogens (primary N) is 1. The first-order valence-electron chi connectivity index (χ1n) is 8.60. The van der Waals surface area contributed by atoms with Crippen LogP contribution in [0.25, 0.3) is 6.08 Å². The number of nitrogens with zero attached hydrogens (tertiary/aromatic N) is 2. The van der Waals surface area contributed by atoms with Crippen LogP contribution in [0.3, 0.4) is 0 Å². The Kier molecular flexibility index (Phi) is 5.84. The third-order valence-electron chi connectivity index (χ3n) is 4.11. The number of hydrogen-bond acceptors (Lipinski definition) is 7. The van der Waals surface area contributed by atoms with Gasteiger partial charge >= 0.3 is 0 Å². The van der Waals surface area contributed by atoms with Crippen LogP contribution in [0.15, 0.2) is 66.9 Å². The van der Waals surface area contributed by atoms with Gasteiger partial charge in [-0.05, 0) is 54.6 Å². The number of nitro groups is 1. The highest BCUT2D eigenvalue weighted by Gasteiger charge is 2.08. The maximum absolute atomic E-state index is 12.5. The second kappa shape index (κ2) is 8.66. The van der Waals surface area contributed by atoms with Gasteiger partial charge in [0.05, 0.1) is 17.7 Å². The zero-order chi connectivity index (χ0) is 20.8. The van der Waals surface area contributed by atoms with Crippen molar-refractivity contribution in [1.82, 2.24) is 4.98 Å². The van der Waals surface area contributed by atoms with E-state index in [2.05, 4.69) is 10.3 Å². The molecule has 0 aliphatic rings. The normalized spacial score (nSPS) is 10.7. The van der Waals surface area contributed by atoms with E-state index in [1.54, 1.807) is 54.7 Å². The van der Waals surface area contributed by atoms with Crippen molar-refractivity contribution in [2.75, 3.05) is 18.2 Å². The summed E-state index contributed by atoms with van der Waals surface area (Å²) >= 11 is 0. The number of nitrogen functional groups attached to an aromatic ring is 1. The SMILES string of the molecule is COc1ccc(C(=O)C=Cc2cccnc2Nc2ccc([N+](=O)[O-])cc2)cc1N. The number of ether oxygens (including phenoxy) is 1. The van der Waals surface area contributed by atoms with Gasteiger partial charge in [0.1, 0.15) is 11.6 Å². The average molecular weight is 390 g/mol. The highest BCUT2D eigenvalue weighted by atomic mass is 16.6. The molecule has 3 aromatic rings. The maximum atomic E-state index is 12.5. The molecule has 0 aliphatic carbocycles. The van der Waals surface area contributed by atoms with Gasteiger partial charge in [-0.2, -0.15) is 0 Å². The van der Waals surface area contributed by atoms with Crippen molar-refractivity contribution >= 4 is 34.7 Å². The minimum atomic E-state index is -0.462. The molecule has 1 heterocycles. The number of hydrogen-bond donors (Lipinski definition) is 2. The summed E-state index contributed by atoms with van der Waals surface area (Å²) < 4.78 is 5.09. The quantitative estimate of drug-likeness (QED) is 0.204. The monoisotopic (exact) mass is 390 g/mol. The van der Waals surface area contributed by atoms with Gasteiger partial charge in [-0.25, -0.2) is 4.98 Å². The van der Waals surface area contributed by atoms with Crippen molar-refractivity contribution in [3.8, 4) is 5.75 Å². The van der Waals surface area contributed by atoms with E-state index in [1.807, 2.05) is 0 Å². The Bertz CT molecular complexity index is 1080. The number of benzene rings is 2. The summed E-state index contributed by atoms with van der Waals surface area (Å²) in [6, 6.07) is 14.4. The zero-order valence-electron chi connectivity index (χ0n) is 15.5. The summed E-state index contributed by atoms with van der Waals surface area (Å²) in [5.41, 5.74) is 7.99. The predicted molar refractivity (Wildman–Crippen MR) is 111 cm³/mol. The summed E-state index contributed by atoms with van der Waals surface area (Å²) in [6.45, 7) is 0. The minimum absolute atomic E-state index is 0.000974. The Labute approximate surface area is 166 Å². The van der Waals surface area contributed by atoms with Crippen molar-refractivity contribution in [2.24, 2.45) is 0 Å². The number of anilines is 3. The van der Waals surface area contributed by atoms with E-state index in [0.717, 1.165) is 0 Å². The molecule has 146 valence electrons. The predicted octanol–water partition coefficient (Wildman–Crippen LogP) is 4.22. The van der Waals surface area contributed by atoms with E-state index in [4.69, 9.17) is 10.5 Å². The van der Waals surface area contributed by atoms with E-state index >= 15 is 0 Å². The van der Waals surface area contributed by atoms with E-state index < -0.39 is 4.92 Å². The van der Waals surface area contributed by atoms with E-state index in [9.17, 15) is 14.9 Å². The number of pyridine rings is 1. The molecule has 0 bridgehead atoms. The number of carbonyl (C=O) groups excluding carboxylic acids is 1. The summed E-state index contributed by atoms with van der Waals surface area (Å²) in [4.78, 5) is 27.0. The molecular weight excluding hydrogens is 372 g/mol. The molecule has 0 aliphatic heterocycles. The summed E-state index contributed by atoms with van der Waals surface area (Å²) in [7, 11) is 1.51. The fourth-order valence-corrected chi connectivity index (χ4v) is 2.61. The average Bonchev–Trinajstić information content (AvgIpc) is 2.73. The largest absolute Gasteiger partial charge is 0.495 e. The topological polar surface area (TPSA) is 120 Å². The first-order chi connectivity index (χ1) is 14.0. The summed E-state index contributed by atoms with van der Waals surface area (Å²) in [5, 5.41) is 13.9. The van der Waals surface area contributed by atoms with Crippen molar-refractivity contribution in [3.63, 3.8) is 0 Å². The van der Waals surface area contributed by atoms with Crippen molar-refractivity contribution in [1.29, 1.82) is 0 Å². The lowest BCUT2D eigenvalue weighted by atomic mass is 10.1. The van der Waals surface area contributed by atoms with Crippen LogP contribution in [0.1, 0.15) is 15.9 Å². The number of non-ortho nitro benzene ring substituents is 1. The van der Waals surface area contributed by atoms with E-state index in [0.29, 0.717) is 34.1 Å². The number of ketones is 1. The molecule has 3 rings (SSSR count). The second-order valence-corrected chi connectivity index (χ2v) is 6.02. The van der Waals surface area contributed by atoms with Crippen molar-refractivity contribution in [2.45, 2.75) is 0 Å². The van der Waals surface area contributed by atoms with Crippen LogP contribution in [0.4, 0.5) is 22.9 Å². The fraction of sp³-hybridized carbons (Fsp3) is 0.0476. The molecule has 1 aromatic heterocycles. The highest BCUT2D eigenvalue weighted by Crippen LogP contribution is 2.24. The molecule has 8 heteroatoms. The molecule has 0 atom stereocenters. The van der Waals surface area contributed by atoms with Crippen LogP contribution in [0, 0.1) is 10.1 Å². The number of allylic oxidation sites excluding steroid dienone is 1. The van der Waals surface area contributed by atoms with Crippen LogP contribution < -0.4 is 15.8 Å². The Morgan fingerprint density at radius 1 is 1.21 bits per heavy atom. The number of methoxy groups -OCH3 is 1. The van der Waals surface area contributed by atoms with Crippen LogP contribution in [-0.2, 0) is 0 Å². The maximum Gasteiger partial charge on any atom is 0.269 e. The van der Waals surface area contributed by atoms with Gasteiger partial charge in [0.2, 0.25) is 0 Å². The molecule has 0 fully saturated rings. The number of aromatic nitrogens is 1. The molecule has 0 spiro atoms. The van der Waals surface area contributed by atoms with Crippen LogP contribution in [-0.4, -0.2) is 22.8 Å². The molecule has 29 heavy (non-hydrogen) atoms. The van der Waals surface area contributed by atoms with Crippen LogP contribution >= 0.6 is 0 Å². The van der Waals surface area contributed by atoms with Gasteiger partial charge in [0.25, 0.3) is 5.69 Å². The van der Waals surface area contributed by atoms with Crippen molar-refractivity contribution < 1.29 is 14.5 Å². The second-order valence-electron chi connectivity index (χ2n) is 6.02. The number of rotatable bonds is 7. The third kappa shape index (κ3) is 4.75. The lowest BCUT2D eigenvalue weighted by Gasteiger charge is -2.08. The molecule has 8 nitrogen and oxygen atoms in total. The van der Waals surface area contributed by atoms with Crippen LogP contribution in [0.5, 0.6) is 5.75 Å². The Morgan fingerprint density at radius 3 is 2.62 bits per heavy atom. The molecule has 0 radical (unpaired) electrons. The summed E-state index contributed by atoms with van der Waals surface area (Å²) in [5.74, 6) is 0.802. The molecule has 0 unspecified atom stereocenters. The molecule has 0 saturated carbocycles. The standard InChI is InChI=1S/C21H18N4O4/c1-29-20-11-5-15(13-18(20)22)19(26)10-4-14-3-2-12-23-21(14)24-16-6-8-17(9-7-16)25(27)28/h2-13H,22H2,1H3,(H,23,24). The van der Waals surface area contributed by atoms with Crippen LogP contribution in [0.2, 0.25) is 0 Å². The van der Waals surface area contributed by atoms with Gasteiger partial charge in [0.15, 0.2) is 5.78 Å². The lowest BCUT2D eigenvalue weighted by Crippen LogP contribution is -1.99. The Hall–Kier alpha value is -4.20. The van der Waals surface area contributed by atoms with Gasteiger partial charge in [-0.3, -0.25) is 14.9 Å².